The molecule has 1 amide bonds. The van der Waals surface area contributed by atoms with Gasteiger partial charge >= 0.3 is 13.7 Å². The van der Waals surface area contributed by atoms with Gasteiger partial charge in [0.05, 0.1) is 13.2 Å². The van der Waals surface area contributed by atoms with E-state index in [0.717, 1.165) is 0 Å². The molecule has 0 atom stereocenters. The van der Waals surface area contributed by atoms with E-state index in [1.54, 1.807) is 44.2 Å². The maximum absolute atomic E-state index is 12.3. The van der Waals surface area contributed by atoms with E-state index in [2.05, 4.69) is 15.3 Å². The number of hydrogen-bond acceptors (Lipinski definition) is 7. The molecule has 0 spiro atoms. The van der Waals surface area contributed by atoms with Gasteiger partial charge in [0.2, 0.25) is 0 Å². The van der Waals surface area contributed by atoms with Gasteiger partial charge in [-0.3, -0.25) is 14.7 Å². The van der Waals surface area contributed by atoms with Crippen LogP contribution in [0.1, 0.15) is 13.8 Å². The molecule has 124 valence electrons. The molecule has 1 N–H and O–H groups in total. The first kappa shape index (κ1) is 19.1. The molecular weight excluding hydrogens is 345 g/mol. The van der Waals surface area contributed by atoms with Crippen molar-refractivity contribution in [3.63, 3.8) is 0 Å². The number of halogens is 1. The predicted octanol–water partition coefficient (Wildman–Crippen LogP) is 3.99. The van der Waals surface area contributed by atoms with Gasteiger partial charge in [0.15, 0.2) is 0 Å². The molecule has 0 saturated carbocycles. The van der Waals surface area contributed by atoms with Gasteiger partial charge in [0.25, 0.3) is 5.45 Å². The molecule has 10 heteroatoms. The molecule has 1 aromatic rings. The summed E-state index contributed by atoms with van der Waals surface area (Å²) in [5.74, 6) is 0. The molecular formula is C13H15ClN3O5P. The molecule has 0 radical (unpaired) electrons. The largest absolute Gasteiger partial charge is 0.437 e. The summed E-state index contributed by atoms with van der Waals surface area (Å²) in [6.07, 6.45) is -0.973. The van der Waals surface area contributed by atoms with E-state index < -0.39 is 19.1 Å². The van der Waals surface area contributed by atoms with E-state index in [4.69, 9.17) is 25.9 Å². The fourth-order valence-electron chi connectivity index (χ4n) is 1.39. The number of rotatable bonds is 7. The van der Waals surface area contributed by atoms with Gasteiger partial charge in [0.1, 0.15) is 6.07 Å². The summed E-state index contributed by atoms with van der Waals surface area (Å²) in [6.45, 7) is 3.23. The highest BCUT2D eigenvalue weighted by atomic mass is 35.5. The Morgan fingerprint density at radius 2 is 1.87 bits per heavy atom. The van der Waals surface area contributed by atoms with Crippen molar-refractivity contribution in [1.82, 2.24) is 0 Å². The van der Waals surface area contributed by atoms with Crippen molar-refractivity contribution in [2.24, 2.45) is 5.16 Å². The Morgan fingerprint density at radius 1 is 1.30 bits per heavy atom. The SMILES string of the molecule is CCOP(=O)(OCC)/C(C#N)=N/OC(=O)Nc1ccc(Cl)cc1. The number of nitrogens with one attached hydrogen (secondary N) is 1. The van der Waals surface area contributed by atoms with E-state index in [1.807, 2.05) is 0 Å². The number of benzene rings is 1. The summed E-state index contributed by atoms with van der Waals surface area (Å²) >= 11 is 5.72. The van der Waals surface area contributed by atoms with Gasteiger partial charge in [-0.05, 0) is 38.1 Å². The van der Waals surface area contributed by atoms with Crippen LogP contribution in [0.5, 0.6) is 0 Å². The van der Waals surface area contributed by atoms with Crippen LogP contribution in [0.4, 0.5) is 10.5 Å². The van der Waals surface area contributed by atoms with Gasteiger partial charge < -0.3 is 9.05 Å². The summed E-state index contributed by atoms with van der Waals surface area (Å²) in [7, 11) is -3.91. The molecule has 0 saturated heterocycles. The molecule has 0 heterocycles. The minimum Gasteiger partial charge on any atom is -0.304 e. The topological polar surface area (TPSA) is 110 Å². The van der Waals surface area contributed by atoms with Crippen molar-refractivity contribution in [2.75, 3.05) is 18.5 Å². The lowest BCUT2D eigenvalue weighted by Crippen LogP contribution is -2.13. The van der Waals surface area contributed by atoms with Crippen molar-refractivity contribution in [3.8, 4) is 6.07 Å². The summed E-state index contributed by atoms with van der Waals surface area (Å²) in [4.78, 5) is 16.1. The lowest BCUT2D eigenvalue weighted by atomic mass is 10.3. The van der Waals surface area contributed by atoms with Gasteiger partial charge in [0, 0.05) is 10.7 Å². The van der Waals surface area contributed by atoms with Crippen molar-refractivity contribution in [2.45, 2.75) is 13.8 Å². The van der Waals surface area contributed by atoms with Crippen LogP contribution >= 0.6 is 19.2 Å². The molecule has 0 bridgehead atoms. The number of amides is 1. The van der Waals surface area contributed by atoms with Crippen molar-refractivity contribution >= 4 is 36.4 Å². The Bertz CT molecular complexity index is 647. The van der Waals surface area contributed by atoms with E-state index in [-0.39, 0.29) is 13.2 Å². The lowest BCUT2D eigenvalue weighted by molar-refractivity contribution is 0.166. The third-order valence-corrected chi connectivity index (χ3v) is 4.41. The van der Waals surface area contributed by atoms with E-state index >= 15 is 0 Å². The number of hydrogen-bond donors (Lipinski definition) is 1. The third kappa shape index (κ3) is 6.00. The summed E-state index contributed by atoms with van der Waals surface area (Å²) < 4.78 is 22.2. The van der Waals surface area contributed by atoms with Gasteiger partial charge in [-0.1, -0.05) is 16.8 Å². The van der Waals surface area contributed by atoms with Crippen LogP contribution in [-0.2, 0) is 18.5 Å². The first-order valence-electron chi connectivity index (χ1n) is 6.56. The number of nitrogens with zero attached hydrogens (tertiary/aromatic N) is 2. The average Bonchev–Trinajstić information content (AvgIpc) is 2.50. The van der Waals surface area contributed by atoms with Crippen molar-refractivity contribution in [3.05, 3.63) is 29.3 Å². The van der Waals surface area contributed by atoms with Crippen LogP contribution in [-0.4, -0.2) is 24.8 Å². The zero-order valence-corrected chi connectivity index (χ0v) is 14.1. The van der Waals surface area contributed by atoms with Crippen LogP contribution in [0.3, 0.4) is 0 Å². The molecule has 0 unspecified atom stereocenters. The van der Waals surface area contributed by atoms with Crippen LogP contribution in [0, 0.1) is 11.3 Å². The quantitative estimate of drug-likeness (QED) is 0.341. The van der Waals surface area contributed by atoms with Crippen molar-refractivity contribution < 1.29 is 23.2 Å². The van der Waals surface area contributed by atoms with E-state index in [9.17, 15) is 9.36 Å². The molecule has 0 aliphatic rings. The Morgan fingerprint density at radius 3 is 2.35 bits per heavy atom. The first-order valence-corrected chi connectivity index (χ1v) is 8.48. The summed E-state index contributed by atoms with van der Waals surface area (Å²) in [6, 6.07) is 7.78. The molecule has 1 rings (SSSR count). The molecule has 1 aromatic carbocycles. The monoisotopic (exact) mass is 359 g/mol. The molecule has 0 aliphatic carbocycles. The average molecular weight is 360 g/mol. The Hall–Kier alpha value is -1.91. The molecule has 8 nitrogen and oxygen atoms in total. The first-order chi connectivity index (χ1) is 10.9. The number of anilines is 1. The zero-order valence-electron chi connectivity index (χ0n) is 12.5. The fraction of sp³-hybridized carbons (Fsp3) is 0.308. The minimum atomic E-state index is -3.91. The third-order valence-electron chi connectivity index (χ3n) is 2.26. The second kappa shape index (κ2) is 9.28. The van der Waals surface area contributed by atoms with Crippen LogP contribution in [0.25, 0.3) is 0 Å². The number of carbonyl (C=O) groups excluding carboxylic acids is 1. The van der Waals surface area contributed by atoms with Gasteiger partial charge in [-0.2, -0.15) is 5.26 Å². The van der Waals surface area contributed by atoms with E-state index in [1.165, 1.54) is 0 Å². The summed E-state index contributed by atoms with van der Waals surface area (Å²) in [5.41, 5.74) is -0.238. The van der Waals surface area contributed by atoms with Crippen LogP contribution in [0.2, 0.25) is 5.02 Å². The molecule has 0 aromatic heterocycles. The minimum absolute atomic E-state index is 0.0367. The number of carbonyl (C=O) groups is 1. The highest BCUT2D eigenvalue weighted by Crippen LogP contribution is 2.49. The highest BCUT2D eigenvalue weighted by Gasteiger charge is 2.33. The van der Waals surface area contributed by atoms with Gasteiger partial charge in [-0.25, -0.2) is 4.79 Å². The normalized spacial score (nSPS) is 11.7. The van der Waals surface area contributed by atoms with Crippen LogP contribution in [0.15, 0.2) is 29.4 Å². The predicted molar refractivity (Wildman–Crippen MR) is 85.5 cm³/mol. The Balaban J connectivity index is 2.78. The van der Waals surface area contributed by atoms with Crippen molar-refractivity contribution in [1.29, 1.82) is 5.26 Å². The standard InChI is InChI=1S/C13H15ClN3O5P/c1-3-20-23(19,21-4-2)12(9-15)17-22-13(18)16-11-7-5-10(14)6-8-11/h5-8H,3-4H2,1-2H3,(H,16,18)/b17-12+. The molecule has 0 aliphatic heterocycles. The highest BCUT2D eigenvalue weighted by molar-refractivity contribution is 7.73. The smallest absolute Gasteiger partial charge is 0.304 e. The second-order valence-corrected chi connectivity index (χ2v) is 6.24. The Labute approximate surface area is 138 Å². The maximum atomic E-state index is 12.3. The zero-order chi connectivity index (χ0) is 17.3. The second-order valence-electron chi connectivity index (χ2n) is 3.87. The number of oxime groups is 1. The molecule has 0 fully saturated rings. The Kier molecular flexibility index (Phi) is 7.72. The summed E-state index contributed by atoms with van der Waals surface area (Å²) in [5, 5.41) is 15.1. The lowest BCUT2D eigenvalue weighted by Gasteiger charge is -2.13. The van der Waals surface area contributed by atoms with Crippen LogP contribution < -0.4 is 5.32 Å². The van der Waals surface area contributed by atoms with E-state index in [0.29, 0.717) is 10.7 Å². The fourth-order valence-corrected chi connectivity index (χ4v) is 2.78. The maximum Gasteiger partial charge on any atom is 0.437 e. The van der Waals surface area contributed by atoms with Gasteiger partial charge in [-0.15, -0.1) is 0 Å². The number of nitriles is 1. The molecule has 23 heavy (non-hydrogen) atoms.